The van der Waals surface area contributed by atoms with E-state index in [1.54, 1.807) is 31.4 Å². The molecule has 2 amide bonds. The average Bonchev–Trinajstić information content (AvgIpc) is 3.29. The zero-order valence-corrected chi connectivity index (χ0v) is 22.1. The Kier molecular flexibility index (Phi) is 8.40. The van der Waals surface area contributed by atoms with Gasteiger partial charge >= 0.3 is 0 Å². The number of anilines is 1. The molecule has 0 spiro atoms. The number of amides is 2. The highest BCUT2D eigenvalue weighted by atomic mass is 79.9. The van der Waals surface area contributed by atoms with Crippen molar-refractivity contribution in [2.45, 2.75) is 18.6 Å². The molecule has 4 rings (SSSR count). The highest BCUT2D eigenvalue weighted by molar-refractivity contribution is 9.10. The van der Waals surface area contributed by atoms with Gasteiger partial charge in [-0.05, 0) is 67.1 Å². The van der Waals surface area contributed by atoms with Crippen LogP contribution in [0.25, 0.3) is 5.69 Å². The Balaban J connectivity index is 1.50. The van der Waals surface area contributed by atoms with Crippen LogP contribution in [0.3, 0.4) is 0 Å². The molecule has 0 saturated heterocycles. The fourth-order valence-corrected chi connectivity index (χ4v) is 4.47. The van der Waals surface area contributed by atoms with Gasteiger partial charge in [0.15, 0.2) is 11.0 Å². The first-order valence-corrected chi connectivity index (χ1v) is 12.8. The van der Waals surface area contributed by atoms with E-state index in [-0.39, 0.29) is 24.1 Å². The highest BCUT2D eigenvalue weighted by Gasteiger charge is 2.17. The highest BCUT2D eigenvalue weighted by Crippen LogP contribution is 2.24. The van der Waals surface area contributed by atoms with Crippen molar-refractivity contribution in [2.24, 2.45) is 0 Å². The van der Waals surface area contributed by atoms with Crippen LogP contribution in [0.15, 0.2) is 82.4 Å². The molecule has 36 heavy (non-hydrogen) atoms. The fraction of sp³-hybridized carbons (Fsp3) is 0.154. The van der Waals surface area contributed by atoms with Gasteiger partial charge in [0, 0.05) is 21.4 Å². The van der Waals surface area contributed by atoms with E-state index in [2.05, 4.69) is 36.8 Å². The lowest BCUT2D eigenvalue weighted by atomic mass is 10.2. The summed E-state index contributed by atoms with van der Waals surface area (Å²) in [5.74, 6) is 0.881. The predicted molar refractivity (Wildman–Crippen MR) is 144 cm³/mol. The number of methoxy groups -OCH3 is 1. The first-order chi connectivity index (χ1) is 17.4. The largest absolute Gasteiger partial charge is 0.497 e. The Morgan fingerprint density at radius 1 is 1.03 bits per heavy atom. The Morgan fingerprint density at radius 3 is 2.56 bits per heavy atom. The average molecular weight is 566 g/mol. The summed E-state index contributed by atoms with van der Waals surface area (Å²) in [6.45, 7) is 2.12. The van der Waals surface area contributed by atoms with Crippen LogP contribution in [0.4, 0.5) is 5.69 Å². The van der Waals surface area contributed by atoms with Crippen molar-refractivity contribution in [1.82, 2.24) is 20.1 Å². The van der Waals surface area contributed by atoms with Crippen LogP contribution in [0.5, 0.6) is 5.75 Å². The lowest BCUT2D eigenvalue weighted by Gasteiger charge is -2.12. The minimum Gasteiger partial charge on any atom is -0.497 e. The number of carbonyl (C=O) groups is 2. The topological polar surface area (TPSA) is 98.1 Å². The molecule has 0 radical (unpaired) electrons. The molecule has 0 aliphatic carbocycles. The molecule has 8 nitrogen and oxygen atoms in total. The minimum absolute atomic E-state index is 0.148. The number of hydrogen-bond donors (Lipinski definition) is 2. The lowest BCUT2D eigenvalue weighted by molar-refractivity contribution is -0.113. The number of aromatic nitrogens is 3. The molecule has 0 unspecified atom stereocenters. The maximum atomic E-state index is 12.7. The molecule has 184 valence electrons. The van der Waals surface area contributed by atoms with Crippen molar-refractivity contribution >= 4 is 45.2 Å². The van der Waals surface area contributed by atoms with Gasteiger partial charge in [-0.15, -0.1) is 10.2 Å². The maximum absolute atomic E-state index is 12.7. The summed E-state index contributed by atoms with van der Waals surface area (Å²) in [5.41, 5.74) is 3.11. The summed E-state index contributed by atoms with van der Waals surface area (Å²) < 4.78 is 7.97. The van der Waals surface area contributed by atoms with E-state index in [1.165, 1.54) is 11.8 Å². The first-order valence-electron chi connectivity index (χ1n) is 11.0. The van der Waals surface area contributed by atoms with Gasteiger partial charge in [-0.3, -0.25) is 14.2 Å². The second-order valence-corrected chi connectivity index (χ2v) is 9.69. The van der Waals surface area contributed by atoms with Crippen LogP contribution in [-0.4, -0.2) is 39.4 Å². The van der Waals surface area contributed by atoms with Gasteiger partial charge in [0.25, 0.3) is 5.91 Å². The van der Waals surface area contributed by atoms with Crippen LogP contribution in [-0.2, 0) is 11.3 Å². The van der Waals surface area contributed by atoms with E-state index in [1.807, 2.05) is 60.0 Å². The second kappa shape index (κ2) is 11.9. The van der Waals surface area contributed by atoms with Crippen molar-refractivity contribution in [3.8, 4) is 11.4 Å². The molecule has 0 fully saturated rings. The van der Waals surface area contributed by atoms with Gasteiger partial charge in [0.2, 0.25) is 5.91 Å². The summed E-state index contributed by atoms with van der Waals surface area (Å²) in [5, 5.41) is 14.9. The third kappa shape index (κ3) is 6.52. The number of hydrogen-bond acceptors (Lipinski definition) is 6. The molecular formula is C26H24BrN5O3S. The Bertz CT molecular complexity index is 1370. The normalized spacial score (nSPS) is 10.6. The molecule has 10 heteroatoms. The fourth-order valence-electron chi connectivity index (χ4n) is 3.43. The van der Waals surface area contributed by atoms with Crippen LogP contribution < -0.4 is 15.4 Å². The van der Waals surface area contributed by atoms with Crippen LogP contribution in [0.1, 0.15) is 21.7 Å². The van der Waals surface area contributed by atoms with Gasteiger partial charge in [-0.2, -0.15) is 0 Å². The number of carbonyl (C=O) groups excluding carboxylic acids is 2. The van der Waals surface area contributed by atoms with E-state index >= 15 is 0 Å². The van der Waals surface area contributed by atoms with Gasteiger partial charge < -0.3 is 15.4 Å². The van der Waals surface area contributed by atoms with E-state index in [4.69, 9.17) is 4.74 Å². The number of rotatable bonds is 9. The minimum atomic E-state index is -0.258. The first kappa shape index (κ1) is 25.5. The third-order valence-corrected chi connectivity index (χ3v) is 6.62. The number of thioether (sulfide) groups is 1. The smallest absolute Gasteiger partial charge is 0.251 e. The van der Waals surface area contributed by atoms with Crippen molar-refractivity contribution in [3.05, 3.63) is 94.2 Å². The summed E-state index contributed by atoms with van der Waals surface area (Å²) in [6.07, 6.45) is 0. The van der Waals surface area contributed by atoms with Crippen LogP contribution in [0.2, 0.25) is 0 Å². The Morgan fingerprint density at radius 2 is 1.81 bits per heavy atom. The molecule has 4 aromatic rings. The van der Waals surface area contributed by atoms with E-state index in [9.17, 15) is 9.59 Å². The molecular weight excluding hydrogens is 542 g/mol. The monoisotopic (exact) mass is 565 g/mol. The molecule has 0 atom stereocenters. The Labute approximate surface area is 221 Å². The number of benzene rings is 3. The molecule has 1 aromatic heterocycles. The number of nitrogens with one attached hydrogen (secondary N) is 2. The zero-order chi connectivity index (χ0) is 25.5. The van der Waals surface area contributed by atoms with Gasteiger partial charge in [0.05, 0.1) is 19.4 Å². The molecule has 0 bridgehead atoms. The summed E-state index contributed by atoms with van der Waals surface area (Å²) >= 11 is 4.72. The number of ether oxygens (including phenoxy) is 1. The Hall–Kier alpha value is -3.63. The second-order valence-electron chi connectivity index (χ2n) is 7.83. The van der Waals surface area contributed by atoms with E-state index in [0.29, 0.717) is 22.3 Å². The molecule has 0 aliphatic heterocycles. The zero-order valence-electron chi connectivity index (χ0n) is 19.7. The standard InChI is InChI=1S/C26H24BrN5O3S/c1-17-5-3-7-20(13-17)29-24(33)16-36-26-31-30-23(32(26)21-11-9-19(27)10-12-21)15-28-25(34)18-6-4-8-22(14-18)35-2/h3-14H,15-16H2,1-2H3,(H,28,34)(H,29,33). The van der Waals surface area contributed by atoms with Crippen molar-refractivity contribution in [1.29, 1.82) is 0 Å². The summed E-state index contributed by atoms with van der Waals surface area (Å²) in [6, 6.07) is 22.2. The number of halogens is 1. The van der Waals surface area contributed by atoms with Crippen LogP contribution >= 0.6 is 27.7 Å². The van der Waals surface area contributed by atoms with Crippen molar-refractivity contribution in [3.63, 3.8) is 0 Å². The third-order valence-electron chi connectivity index (χ3n) is 5.16. The molecule has 0 saturated carbocycles. The van der Waals surface area contributed by atoms with Crippen molar-refractivity contribution in [2.75, 3.05) is 18.2 Å². The predicted octanol–water partition coefficient (Wildman–Crippen LogP) is 5.01. The van der Waals surface area contributed by atoms with E-state index < -0.39 is 0 Å². The van der Waals surface area contributed by atoms with Crippen molar-refractivity contribution < 1.29 is 14.3 Å². The summed E-state index contributed by atoms with van der Waals surface area (Å²) in [7, 11) is 1.55. The van der Waals surface area contributed by atoms with E-state index in [0.717, 1.165) is 21.4 Å². The molecule has 3 aromatic carbocycles. The molecule has 1 heterocycles. The molecule has 0 aliphatic rings. The number of aryl methyl sites for hydroxylation is 1. The van der Waals surface area contributed by atoms with Crippen LogP contribution in [0, 0.1) is 6.92 Å². The van der Waals surface area contributed by atoms with Gasteiger partial charge in [0.1, 0.15) is 5.75 Å². The lowest BCUT2D eigenvalue weighted by Crippen LogP contribution is -2.24. The SMILES string of the molecule is COc1cccc(C(=O)NCc2nnc(SCC(=O)Nc3cccc(C)c3)n2-c2ccc(Br)cc2)c1. The van der Waals surface area contributed by atoms with Gasteiger partial charge in [-0.1, -0.05) is 45.9 Å². The maximum Gasteiger partial charge on any atom is 0.251 e. The number of nitrogens with zero attached hydrogens (tertiary/aromatic N) is 3. The van der Waals surface area contributed by atoms with Gasteiger partial charge in [-0.25, -0.2) is 0 Å². The quantitative estimate of drug-likeness (QED) is 0.277. The molecule has 2 N–H and O–H groups in total. The summed E-state index contributed by atoms with van der Waals surface area (Å²) in [4.78, 5) is 25.3.